The third-order valence-electron chi connectivity index (χ3n) is 1.99. The van der Waals surface area contributed by atoms with Gasteiger partial charge < -0.3 is 10.4 Å². The number of benzene rings is 1. The molecule has 6 nitrogen and oxygen atoms in total. The molecular weight excluding hydrogens is 231 g/mol. The summed E-state index contributed by atoms with van der Waals surface area (Å²) in [7, 11) is 0. The summed E-state index contributed by atoms with van der Waals surface area (Å²) in [5.74, 6) is -1.34. The fraction of sp³-hybridized carbons (Fsp3) is 0.300. The van der Waals surface area contributed by atoms with Crippen LogP contribution in [-0.4, -0.2) is 22.5 Å². The molecule has 0 saturated carbocycles. The first-order chi connectivity index (χ1) is 8.04. The zero-order chi connectivity index (χ0) is 12.8. The summed E-state index contributed by atoms with van der Waals surface area (Å²) in [6.45, 7) is -0.114. The lowest BCUT2D eigenvalue weighted by atomic mass is 10.2. The minimum Gasteiger partial charge on any atom is -0.396 e. The van der Waals surface area contributed by atoms with Crippen molar-refractivity contribution in [3.63, 3.8) is 0 Å². The number of aliphatic hydroxyl groups is 1. The van der Waals surface area contributed by atoms with E-state index in [1.807, 2.05) is 0 Å². The smallest absolute Gasteiger partial charge is 0.306 e. The molecule has 0 radical (unpaired) electrons. The van der Waals surface area contributed by atoms with E-state index in [9.17, 15) is 19.3 Å². The van der Waals surface area contributed by atoms with Crippen LogP contribution in [0.5, 0.6) is 0 Å². The van der Waals surface area contributed by atoms with Crippen molar-refractivity contribution in [2.24, 2.45) is 0 Å². The van der Waals surface area contributed by atoms with E-state index >= 15 is 0 Å². The first-order valence-corrected chi connectivity index (χ1v) is 4.89. The number of nitrogens with zero attached hydrogens (tertiary/aromatic N) is 1. The van der Waals surface area contributed by atoms with E-state index in [1.165, 1.54) is 6.07 Å². The fourth-order valence-electron chi connectivity index (χ4n) is 1.19. The van der Waals surface area contributed by atoms with Crippen molar-refractivity contribution in [2.45, 2.75) is 12.8 Å². The molecule has 0 aliphatic rings. The zero-order valence-corrected chi connectivity index (χ0v) is 8.85. The van der Waals surface area contributed by atoms with Gasteiger partial charge in [-0.25, -0.2) is 0 Å². The van der Waals surface area contributed by atoms with Crippen molar-refractivity contribution >= 4 is 17.3 Å². The van der Waals surface area contributed by atoms with Gasteiger partial charge in [0.2, 0.25) is 11.7 Å². The number of amides is 1. The van der Waals surface area contributed by atoms with Gasteiger partial charge in [0, 0.05) is 24.8 Å². The first-order valence-electron chi connectivity index (χ1n) is 4.89. The molecular formula is C10H11FN2O4. The summed E-state index contributed by atoms with van der Waals surface area (Å²) in [6, 6.07) is 3.10. The molecule has 0 heterocycles. The van der Waals surface area contributed by atoms with Gasteiger partial charge in [0.15, 0.2) is 0 Å². The number of aliphatic hydroxyl groups excluding tert-OH is 1. The third kappa shape index (κ3) is 3.80. The highest BCUT2D eigenvalue weighted by atomic mass is 19.1. The molecule has 1 aromatic carbocycles. The van der Waals surface area contributed by atoms with Gasteiger partial charge in [-0.05, 0) is 18.6 Å². The fourth-order valence-corrected chi connectivity index (χ4v) is 1.19. The Kier molecular flexibility index (Phi) is 4.53. The van der Waals surface area contributed by atoms with Crippen LogP contribution in [0.25, 0.3) is 0 Å². The topological polar surface area (TPSA) is 92.5 Å². The Labute approximate surface area is 96.2 Å². The molecule has 0 unspecified atom stereocenters. The quantitative estimate of drug-likeness (QED) is 0.603. The number of carbonyl (C=O) groups excluding carboxylic acids is 1. The predicted molar refractivity (Wildman–Crippen MR) is 58.0 cm³/mol. The number of nitro benzene ring substituents is 1. The van der Waals surface area contributed by atoms with Crippen LogP contribution in [0.15, 0.2) is 18.2 Å². The molecule has 92 valence electrons. The second-order valence-electron chi connectivity index (χ2n) is 3.30. The number of nitro groups is 1. The zero-order valence-electron chi connectivity index (χ0n) is 8.85. The minimum atomic E-state index is -0.955. The number of halogens is 1. The van der Waals surface area contributed by atoms with Crippen LogP contribution in [0.1, 0.15) is 12.8 Å². The van der Waals surface area contributed by atoms with Crippen LogP contribution in [-0.2, 0) is 4.79 Å². The maximum atomic E-state index is 13.0. The van der Waals surface area contributed by atoms with E-state index in [1.54, 1.807) is 0 Å². The highest BCUT2D eigenvalue weighted by Crippen LogP contribution is 2.21. The van der Waals surface area contributed by atoms with Crippen molar-refractivity contribution < 1.29 is 19.2 Å². The molecule has 17 heavy (non-hydrogen) atoms. The van der Waals surface area contributed by atoms with Gasteiger partial charge in [-0.2, -0.15) is 4.39 Å². The monoisotopic (exact) mass is 242 g/mol. The number of hydrogen-bond acceptors (Lipinski definition) is 4. The molecule has 0 fully saturated rings. The molecule has 2 N–H and O–H groups in total. The van der Waals surface area contributed by atoms with Crippen molar-refractivity contribution in [1.82, 2.24) is 0 Å². The molecule has 7 heteroatoms. The second kappa shape index (κ2) is 5.90. The van der Waals surface area contributed by atoms with E-state index in [-0.39, 0.29) is 24.6 Å². The van der Waals surface area contributed by atoms with Gasteiger partial charge in [0.25, 0.3) is 0 Å². The number of nitrogens with one attached hydrogen (secondary N) is 1. The third-order valence-corrected chi connectivity index (χ3v) is 1.99. The number of anilines is 1. The van der Waals surface area contributed by atoms with Gasteiger partial charge in [0.05, 0.1) is 4.92 Å². The average molecular weight is 242 g/mol. The van der Waals surface area contributed by atoms with Crippen molar-refractivity contribution in [1.29, 1.82) is 0 Å². The SMILES string of the molecule is O=C(CCCO)Nc1ccc(F)c([N+](=O)[O-])c1. The van der Waals surface area contributed by atoms with E-state index in [0.717, 1.165) is 12.1 Å². The van der Waals surface area contributed by atoms with E-state index in [2.05, 4.69) is 5.32 Å². The van der Waals surface area contributed by atoms with Crippen LogP contribution < -0.4 is 5.32 Å². The maximum absolute atomic E-state index is 13.0. The summed E-state index contributed by atoms with van der Waals surface area (Å²) >= 11 is 0. The number of carbonyl (C=O) groups is 1. The first kappa shape index (κ1) is 13.0. The lowest BCUT2D eigenvalue weighted by Gasteiger charge is -2.04. The molecule has 1 aromatic rings. The Bertz CT molecular complexity index is 436. The summed E-state index contributed by atoms with van der Waals surface area (Å²) in [5, 5.41) is 21.3. The number of rotatable bonds is 5. The minimum absolute atomic E-state index is 0.0989. The summed E-state index contributed by atoms with van der Waals surface area (Å²) in [4.78, 5) is 20.8. The van der Waals surface area contributed by atoms with Crippen molar-refractivity contribution in [3.8, 4) is 0 Å². The second-order valence-corrected chi connectivity index (χ2v) is 3.30. The standard InChI is InChI=1S/C10H11FN2O4/c11-8-4-3-7(6-9(8)13(16)17)12-10(15)2-1-5-14/h3-4,6,14H,1-2,5H2,(H,12,15). The van der Waals surface area contributed by atoms with E-state index < -0.39 is 16.4 Å². The summed E-state index contributed by atoms with van der Waals surface area (Å²) in [6.07, 6.45) is 0.400. The molecule has 1 rings (SSSR count). The normalized spacial score (nSPS) is 10.0. The molecule has 0 atom stereocenters. The van der Waals surface area contributed by atoms with Gasteiger partial charge in [-0.1, -0.05) is 0 Å². The van der Waals surface area contributed by atoms with E-state index in [0.29, 0.717) is 6.42 Å². The van der Waals surface area contributed by atoms with Crippen molar-refractivity contribution in [2.75, 3.05) is 11.9 Å². The molecule has 0 aliphatic heterocycles. The Morgan fingerprint density at radius 1 is 1.53 bits per heavy atom. The lowest BCUT2D eigenvalue weighted by Crippen LogP contribution is -2.12. The van der Waals surface area contributed by atoms with Crippen LogP contribution in [0.2, 0.25) is 0 Å². The van der Waals surface area contributed by atoms with Gasteiger partial charge >= 0.3 is 5.69 Å². The lowest BCUT2D eigenvalue weighted by molar-refractivity contribution is -0.387. The largest absolute Gasteiger partial charge is 0.396 e. The van der Waals surface area contributed by atoms with Gasteiger partial charge in [0.1, 0.15) is 0 Å². The average Bonchev–Trinajstić information content (AvgIpc) is 2.28. The van der Waals surface area contributed by atoms with Crippen LogP contribution in [0.4, 0.5) is 15.8 Å². The molecule has 1 amide bonds. The Hall–Kier alpha value is -2.02. The molecule has 0 bridgehead atoms. The van der Waals surface area contributed by atoms with Crippen LogP contribution >= 0.6 is 0 Å². The van der Waals surface area contributed by atoms with Crippen LogP contribution in [0, 0.1) is 15.9 Å². The molecule has 0 aromatic heterocycles. The molecule has 0 saturated heterocycles. The van der Waals surface area contributed by atoms with Gasteiger partial charge in [-0.15, -0.1) is 0 Å². The summed E-state index contributed by atoms with van der Waals surface area (Å²) in [5.41, 5.74) is -0.536. The van der Waals surface area contributed by atoms with E-state index in [4.69, 9.17) is 5.11 Å². The maximum Gasteiger partial charge on any atom is 0.306 e. The Balaban J connectivity index is 2.75. The summed E-state index contributed by atoms with van der Waals surface area (Å²) < 4.78 is 13.0. The Morgan fingerprint density at radius 3 is 2.82 bits per heavy atom. The number of hydrogen-bond donors (Lipinski definition) is 2. The van der Waals surface area contributed by atoms with Crippen LogP contribution in [0.3, 0.4) is 0 Å². The van der Waals surface area contributed by atoms with Crippen molar-refractivity contribution in [3.05, 3.63) is 34.1 Å². The Morgan fingerprint density at radius 2 is 2.24 bits per heavy atom. The highest BCUT2D eigenvalue weighted by molar-refractivity contribution is 5.90. The predicted octanol–water partition coefficient (Wildman–Crippen LogP) is 1.44. The highest BCUT2D eigenvalue weighted by Gasteiger charge is 2.15. The molecule has 0 aliphatic carbocycles. The molecule has 0 spiro atoms. The van der Waals surface area contributed by atoms with Gasteiger partial charge in [-0.3, -0.25) is 14.9 Å².